The molecule has 3 atom stereocenters. The van der Waals surface area contributed by atoms with Crippen molar-refractivity contribution in [3.05, 3.63) is 11.8 Å². The first kappa shape index (κ1) is 13.7. The molecule has 1 saturated carbocycles. The second-order valence-electron chi connectivity index (χ2n) is 5.14. The smallest absolute Gasteiger partial charge is 0.392 e. The summed E-state index contributed by atoms with van der Waals surface area (Å²) >= 11 is 0. The molecule has 1 heterocycles. The lowest BCUT2D eigenvalue weighted by molar-refractivity contribution is -0.206. The third kappa shape index (κ3) is 2.99. The summed E-state index contributed by atoms with van der Waals surface area (Å²) in [4.78, 5) is 0. The van der Waals surface area contributed by atoms with E-state index in [0.29, 0.717) is 25.2 Å². The molecule has 0 aromatic rings. The average molecular weight is 264 g/mol. The van der Waals surface area contributed by atoms with Crippen LogP contribution in [0, 0.1) is 11.8 Å². The van der Waals surface area contributed by atoms with Gasteiger partial charge in [-0.1, -0.05) is 12.8 Å². The van der Waals surface area contributed by atoms with Crippen LogP contribution in [-0.2, 0) is 4.74 Å². The summed E-state index contributed by atoms with van der Waals surface area (Å²) < 4.78 is 44.1. The van der Waals surface area contributed by atoms with Crippen LogP contribution in [0.2, 0.25) is 0 Å². The fraction of sp³-hybridized carbons (Fsp3) is 0.846. The molecule has 0 aromatic heterocycles. The number of aliphatic hydroxyl groups is 1. The number of hydrogen-bond acceptors (Lipinski definition) is 2. The molecule has 1 aliphatic carbocycles. The summed E-state index contributed by atoms with van der Waals surface area (Å²) in [6.45, 7) is 0.492. The SMILES string of the molecule is OC(C1=CCCCO1)C1CCCCC1C(F)(F)F. The quantitative estimate of drug-likeness (QED) is 0.828. The Balaban J connectivity index is 2.10. The van der Waals surface area contributed by atoms with E-state index in [1.807, 2.05) is 0 Å². The van der Waals surface area contributed by atoms with Gasteiger partial charge >= 0.3 is 6.18 Å². The van der Waals surface area contributed by atoms with E-state index in [1.54, 1.807) is 6.08 Å². The van der Waals surface area contributed by atoms with Crippen LogP contribution >= 0.6 is 0 Å². The highest BCUT2D eigenvalue weighted by atomic mass is 19.4. The Hall–Kier alpha value is -0.710. The van der Waals surface area contributed by atoms with E-state index >= 15 is 0 Å². The average Bonchev–Trinajstić information content (AvgIpc) is 2.38. The number of allylic oxidation sites excluding steroid dienone is 1. The topological polar surface area (TPSA) is 29.5 Å². The number of halogens is 3. The zero-order valence-corrected chi connectivity index (χ0v) is 10.2. The van der Waals surface area contributed by atoms with Gasteiger partial charge in [0.25, 0.3) is 0 Å². The third-order valence-corrected chi connectivity index (χ3v) is 3.90. The number of aliphatic hydroxyl groups excluding tert-OH is 1. The maximum absolute atomic E-state index is 12.9. The molecule has 104 valence electrons. The van der Waals surface area contributed by atoms with Crippen LogP contribution in [0.25, 0.3) is 0 Å². The fourth-order valence-corrected chi connectivity index (χ4v) is 2.94. The van der Waals surface area contributed by atoms with E-state index in [4.69, 9.17) is 4.74 Å². The van der Waals surface area contributed by atoms with Gasteiger partial charge in [-0.15, -0.1) is 0 Å². The Morgan fingerprint density at radius 3 is 2.56 bits per heavy atom. The lowest BCUT2D eigenvalue weighted by Crippen LogP contribution is -2.40. The zero-order chi connectivity index (χ0) is 13.2. The van der Waals surface area contributed by atoms with Gasteiger partial charge in [0.2, 0.25) is 0 Å². The van der Waals surface area contributed by atoms with Crippen molar-refractivity contribution < 1.29 is 23.0 Å². The molecule has 0 aromatic carbocycles. The Morgan fingerprint density at radius 1 is 1.22 bits per heavy atom. The van der Waals surface area contributed by atoms with E-state index in [1.165, 1.54) is 0 Å². The van der Waals surface area contributed by atoms with Crippen molar-refractivity contribution in [2.24, 2.45) is 11.8 Å². The van der Waals surface area contributed by atoms with Gasteiger partial charge in [-0.2, -0.15) is 13.2 Å². The van der Waals surface area contributed by atoms with Crippen molar-refractivity contribution in [1.82, 2.24) is 0 Å². The standard InChI is InChI=1S/C13H19F3O2/c14-13(15,16)10-6-2-1-5-9(10)12(17)11-7-3-4-8-18-11/h7,9-10,12,17H,1-6,8H2. The van der Waals surface area contributed by atoms with Gasteiger partial charge in [-0.3, -0.25) is 0 Å². The first-order valence-corrected chi connectivity index (χ1v) is 6.58. The van der Waals surface area contributed by atoms with Gasteiger partial charge in [0.15, 0.2) is 0 Å². The van der Waals surface area contributed by atoms with Crippen molar-refractivity contribution >= 4 is 0 Å². The van der Waals surface area contributed by atoms with E-state index in [0.717, 1.165) is 19.3 Å². The molecule has 1 N–H and O–H groups in total. The van der Waals surface area contributed by atoms with Crippen molar-refractivity contribution in [2.45, 2.75) is 50.8 Å². The first-order valence-electron chi connectivity index (χ1n) is 6.58. The highest BCUT2D eigenvalue weighted by Crippen LogP contribution is 2.44. The molecule has 2 nitrogen and oxygen atoms in total. The van der Waals surface area contributed by atoms with Gasteiger partial charge in [0, 0.05) is 5.92 Å². The molecule has 0 amide bonds. The molecule has 2 aliphatic rings. The van der Waals surface area contributed by atoms with E-state index in [-0.39, 0.29) is 6.42 Å². The summed E-state index contributed by atoms with van der Waals surface area (Å²) in [6.07, 6.45) is -0.0618. The minimum Gasteiger partial charge on any atom is -0.495 e. The molecule has 1 fully saturated rings. The summed E-state index contributed by atoms with van der Waals surface area (Å²) in [5.41, 5.74) is 0. The molecule has 18 heavy (non-hydrogen) atoms. The summed E-state index contributed by atoms with van der Waals surface area (Å²) in [6, 6.07) is 0. The molecule has 2 rings (SSSR count). The lowest BCUT2D eigenvalue weighted by Gasteiger charge is -2.37. The van der Waals surface area contributed by atoms with Crippen LogP contribution in [0.3, 0.4) is 0 Å². The molecule has 3 unspecified atom stereocenters. The second-order valence-corrected chi connectivity index (χ2v) is 5.14. The normalized spacial score (nSPS) is 31.4. The van der Waals surface area contributed by atoms with Crippen molar-refractivity contribution in [3.8, 4) is 0 Å². The van der Waals surface area contributed by atoms with Gasteiger partial charge in [-0.05, 0) is 31.8 Å². The largest absolute Gasteiger partial charge is 0.495 e. The number of rotatable bonds is 2. The van der Waals surface area contributed by atoms with Crippen LogP contribution < -0.4 is 0 Å². The minimum absolute atomic E-state index is 0.124. The summed E-state index contributed by atoms with van der Waals surface area (Å²) in [5, 5.41) is 10.1. The molecule has 1 aliphatic heterocycles. The molecule has 0 saturated heterocycles. The molecule has 0 radical (unpaired) electrons. The molecular formula is C13H19F3O2. The van der Waals surface area contributed by atoms with Crippen LogP contribution in [-0.4, -0.2) is 24.0 Å². The van der Waals surface area contributed by atoms with E-state index in [9.17, 15) is 18.3 Å². The predicted octanol–water partition coefficient (Wildman–Crippen LogP) is 3.41. The molecule has 5 heteroatoms. The molecule has 0 bridgehead atoms. The van der Waals surface area contributed by atoms with Gasteiger partial charge in [0.1, 0.15) is 11.9 Å². The summed E-state index contributed by atoms with van der Waals surface area (Å²) in [5.74, 6) is -1.79. The van der Waals surface area contributed by atoms with Crippen molar-refractivity contribution in [2.75, 3.05) is 6.61 Å². The van der Waals surface area contributed by atoms with Crippen molar-refractivity contribution in [3.63, 3.8) is 0 Å². The number of alkyl halides is 3. The van der Waals surface area contributed by atoms with E-state index < -0.39 is 24.1 Å². The Bertz CT molecular complexity index is 312. The highest BCUT2D eigenvalue weighted by Gasteiger charge is 2.48. The fourth-order valence-electron chi connectivity index (χ4n) is 2.94. The number of hydrogen-bond donors (Lipinski definition) is 1. The monoisotopic (exact) mass is 264 g/mol. The maximum atomic E-state index is 12.9. The van der Waals surface area contributed by atoms with Crippen LogP contribution in [0.1, 0.15) is 38.5 Å². The maximum Gasteiger partial charge on any atom is 0.392 e. The third-order valence-electron chi connectivity index (χ3n) is 3.90. The highest BCUT2D eigenvalue weighted by molar-refractivity contribution is 5.06. The van der Waals surface area contributed by atoms with Gasteiger partial charge in [0.05, 0.1) is 12.5 Å². The molecule has 0 spiro atoms. The predicted molar refractivity (Wildman–Crippen MR) is 60.8 cm³/mol. The van der Waals surface area contributed by atoms with Crippen LogP contribution in [0.4, 0.5) is 13.2 Å². The number of ether oxygens (including phenoxy) is 1. The lowest BCUT2D eigenvalue weighted by atomic mass is 9.75. The zero-order valence-electron chi connectivity index (χ0n) is 10.2. The Labute approximate surface area is 105 Å². The van der Waals surface area contributed by atoms with Crippen LogP contribution in [0.5, 0.6) is 0 Å². The van der Waals surface area contributed by atoms with Gasteiger partial charge < -0.3 is 9.84 Å². The second kappa shape index (κ2) is 5.51. The molecular weight excluding hydrogens is 245 g/mol. The van der Waals surface area contributed by atoms with Gasteiger partial charge in [-0.25, -0.2) is 0 Å². The summed E-state index contributed by atoms with van der Waals surface area (Å²) in [7, 11) is 0. The van der Waals surface area contributed by atoms with E-state index in [2.05, 4.69) is 0 Å². The van der Waals surface area contributed by atoms with Crippen LogP contribution in [0.15, 0.2) is 11.8 Å². The minimum atomic E-state index is -4.22. The Kier molecular flexibility index (Phi) is 4.20. The Morgan fingerprint density at radius 2 is 1.94 bits per heavy atom. The first-order chi connectivity index (χ1) is 8.50. The van der Waals surface area contributed by atoms with Crippen molar-refractivity contribution in [1.29, 1.82) is 0 Å².